The number of unbranched alkanes of at least 4 members (excludes halogenated alkanes) is 1. The standard InChI is InChI=1S/C7H13N.U/c1-3-4-5-7(2)6-8;/h7-8H,1,3-5H2,2H3;/q-2;+2. The van der Waals surface area contributed by atoms with Crippen molar-refractivity contribution >= 4 is 6.21 Å². The van der Waals surface area contributed by atoms with Crippen LogP contribution in [-0.4, -0.2) is 6.21 Å². The van der Waals surface area contributed by atoms with E-state index < -0.39 is 0 Å². The van der Waals surface area contributed by atoms with E-state index in [0.29, 0.717) is 5.92 Å². The van der Waals surface area contributed by atoms with Crippen LogP contribution in [0.2, 0.25) is 0 Å². The average Bonchev–Trinajstić information content (AvgIpc) is 1.83. The van der Waals surface area contributed by atoms with Crippen molar-refractivity contribution < 1.29 is 31.1 Å². The Morgan fingerprint density at radius 1 is 1.67 bits per heavy atom. The fraction of sp³-hybridized carbons (Fsp3) is 0.714. The third-order valence-corrected chi connectivity index (χ3v) is 1.13. The first-order valence-corrected chi connectivity index (χ1v) is 3.02. The second-order valence-corrected chi connectivity index (χ2v) is 2.04. The summed E-state index contributed by atoms with van der Waals surface area (Å²) in [6, 6.07) is 0. The smallest absolute Gasteiger partial charge is 0.518 e. The van der Waals surface area contributed by atoms with E-state index in [4.69, 9.17) is 5.41 Å². The Hall–Kier alpha value is 0.722. The quantitative estimate of drug-likeness (QED) is 0.594. The van der Waals surface area contributed by atoms with E-state index in [2.05, 4.69) is 13.1 Å². The Balaban J connectivity index is 0. The zero-order valence-electron chi connectivity index (χ0n) is 5.91. The van der Waals surface area contributed by atoms with Gasteiger partial charge in [-0.1, -0.05) is 19.8 Å². The summed E-state index contributed by atoms with van der Waals surface area (Å²) in [7, 11) is 0. The molecule has 0 aliphatic heterocycles. The Morgan fingerprint density at radius 2 is 2.22 bits per heavy atom. The number of hydrogen-bond donors (Lipinski definition) is 1. The first-order valence-electron chi connectivity index (χ1n) is 3.02. The molecule has 0 fully saturated rings. The van der Waals surface area contributed by atoms with Gasteiger partial charge in [-0.25, -0.2) is 0 Å². The van der Waals surface area contributed by atoms with Crippen LogP contribution < -0.4 is 0 Å². The number of nitrogens with one attached hydrogen (secondary N) is 1. The summed E-state index contributed by atoms with van der Waals surface area (Å²) >= 11 is 0. The van der Waals surface area contributed by atoms with Crippen molar-refractivity contribution in [1.82, 2.24) is 0 Å². The molecule has 0 radical (unpaired) electrons. The summed E-state index contributed by atoms with van der Waals surface area (Å²) in [6.07, 6.45) is 5.58. The minimum Gasteiger partial charge on any atom is -0.518 e. The van der Waals surface area contributed by atoms with Crippen LogP contribution in [0.4, 0.5) is 0 Å². The summed E-state index contributed by atoms with van der Waals surface area (Å²) in [6.45, 7) is 5.71. The van der Waals surface area contributed by atoms with E-state index in [1.165, 1.54) is 0 Å². The van der Waals surface area contributed by atoms with E-state index in [-0.39, 0.29) is 31.1 Å². The van der Waals surface area contributed by atoms with Gasteiger partial charge in [-0.2, -0.15) is 12.3 Å². The molecule has 0 aromatic heterocycles. The Kier molecular flexibility index (Phi) is 12.0. The molecular formula is C7H13NU. The molecule has 0 saturated carbocycles. The molecule has 1 N–H and O–H groups in total. The van der Waals surface area contributed by atoms with Crippen molar-refractivity contribution in [2.45, 2.75) is 26.2 Å². The Morgan fingerprint density at radius 3 is 2.56 bits per heavy atom. The van der Waals surface area contributed by atoms with Crippen LogP contribution >= 0.6 is 0 Å². The van der Waals surface area contributed by atoms with Crippen LogP contribution in [0, 0.1) is 49.4 Å². The maximum atomic E-state index is 6.72. The van der Waals surface area contributed by atoms with E-state index >= 15 is 0 Å². The van der Waals surface area contributed by atoms with Crippen LogP contribution in [0.1, 0.15) is 26.2 Å². The van der Waals surface area contributed by atoms with E-state index in [0.717, 1.165) is 19.3 Å². The van der Waals surface area contributed by atoms with Crippen molar-refractivity contribution in [1.29, 1.82) is 5.41 Å². The van der Waals surface area contributed by atoms with E-state index in [1.807, 2.05) is 6.92 Å². The number of hydrogen-bond acceptors (Lipinski definition) is 1. The maximum absolute atomic E-state index is 6.72. The minimum atomic E-state index is 0. The molecule has 0 aromatic carbocycles. The van der Waals surface area contributed by atoms with Crippen LogP contribution in [0.25, 0.3) is 0 Å². The van der Waals surface area contributed by atoms with Crippen LogP contribution in [0.3, 0.4) is 0 Å². The van der Waals surface area contributed by atoms with E-state index in [9.17, 15) is 0 Å². The van der Waals surface area contributed by atoms with Crippen molar-refractivity contribution in [3.63, 3.8) is 0 Å². The van der Waals surface area contributed by atoms with Crippen molar-refractivity contribution in [3.05, 3.63) is 6.92 Å². The van der Waals surface area contributed by atoms with Crippen LogP contribution in [0.15, 0.2) is 0 Å². The predicted octanol–water partition coefficient (Wildman–Crippen LogP) is 2.15. The molecule has 9 heavy (non-hydrogen) atoms. The Labute approximate surface area is 81.5 Å². The largest absolute Gasteiger partial charge is 2.00 e. The third kappa shape index (κ3) is 8.72. The molecule has 0 spiro atoms. The summed E-state index contributed by atoms with van der Waals surface area (Å²) in [5.74, 6) is 0.330. The molecule has 0 amide bonds. The number of rotatable bonds is 4. The van der Waals surface area contributed by atoms with Gasteiger partial charge in [-0.3, -0.25) is 0 Å². The first-order chi connectivity index (χ1) is 3.81. The molecule has 0 aromatic rings. The van der Waals surface area contributed by atoms with Gasteiger partial charge in [0.25, 0.3) is 0 Å². The normalized spacial score (nSPS) is 11.8. The average molecular weight is 349 g/mol. The van der Waals surface area contributed by atoms with Crippen LogP contribution in [0.5, 0.6) is 0 Å². The molecule has 2 heteroatoms. The maximum Gasteiger partial charge on any atom is 2.00 e. The Bertz CT molecular complexity index is 63.9. The molecule has 50 valence electrons. The SMILES string of the molecule is [CH2-]CCCC(C)[C-]=N.[U+2]. The summed E-state index contributed by atoms with van der Waals surface area (Å²) < 4.78 is 0. The van der Waals surface area contributed by atoms with Gasteiger partial charge in [0.15, 0.2) is 0 Å². The molecule has 0 heterocycles. The van der Waals surface area contributed by atoms with Crippen molar-refractivity contribution in [2.75, 3.05) is 0 Å². The van der Waals surface area contributed by atoms with Crippen molar-refractivity contribution in [3.8, 4) is 0 Å². The predicted molar refractivity (Wildman–Crippen MR) is 36.1 cm³/mol. The van der Waals surface area contributed by atoms with Gasteiger partial charge in [-0.15, -0.1) is 0 Å². The zero-order chi connectivity index (χ0) is 6.41. The zero-order valence-corrected chi connectivity index (χ0v) is 10.1. The topological polar surface area (TPSA) is 23.9 Å². The van der Waals surface area contributed by atoms with Gasteiger partial charge in [0, 0.05) is 0 Å². The summed E-state index contributed by atoms with van der Waals surface area (Å²) in [5, 5.41) is 6.72. The van der Waals surface area contributed by atoms with E-state index in [1.54, 1.807) is 0 Å². The van der Waals surface area contributed by atoms with Gasteiger partial charge < -0.3 is 18.5 Å². The molecule has 0 rings (SSSR count). The second-order valence-electron chi connectivity index (χ2n) is 2.04. The second kappa shape index (κ2) is 8.72. The first kappa shape index (κ1) is 12.4. The molecule has 1 atom stereocenters. The fourth-order valence-corrected chi connectivity index (χ4v) is 0.523. The molecule has 0 aliphatic carbocycles. The van der Waals surface area contributed by atoms with Gasteiger partial charge >= 0.3 is 31.1 Å². The summed E-state index contributed by atoms with van der Waals surface area (Å²) in [4.78, 5) is 0. The van der Waals surface area contributed by atoms with Gasteiger partial charge in [0.05, 0.1) is 0 Å². The third-order valence-electron chi connectivity index (χ3n) is 1.13. The molecule has 1 nitrogen and oxygen atoms in total. The molecule has 0 bridgehead atoms. The molecule has 0 aliphatic rings. The van der Waals surface area contributed by atoms with Gasteiger partial charge in [0.1, 0.15) is 0 Å². The van der Waals surface area contributed by atoms with Gasteiger partial charge in [0.2, 0.25) is 0 Å². The fourth-order valence-electron chi connectivity index (χ4n) is 0.523. The minimum absolute atomic E-state index is 0. The molecule has 0 saturated heterocycles. The van der Waals surface area contributed by atoms with Crippen LogP contribution in [-0.2, 0) is 0 Å². The monoisotopic (exact) mass is 349 g/mol. The summed E-state index contributed by atoms with van der Waals surface area (Å²) in [5.41, 5.74) is 0. The van der Waals surface area contributed by atoms with Gasteiger partial charge in [-0.05, 0) is 0 Å². The molecule has 1 unspecified atom stereocenters. The van der Waals surface area contributed by atoms with Crippen molar-refractivity contribution in [2.24, 2.45) is 5.92 Å². The molecular weight excluding hydrogens is 336 g/mol.